The number of amides is 1. The van der Waals surface area contributed by atoms with Gasteiger partial charge in [-0.25, -0.2) is 13.1 Å². The first-order valence-corrected chi connectivity index (χ1v) is 8.87. The van der Waals surface area contributed by atoms with Gasteiger partial charge in [-0.1, -0.05) is 30.7 Å². The molecule has 7 heteroatoms. The van der Waals surface area contributed by atoms with Crippen molar-refractivity contribution in [3.8, 4) is 0 Å². The second kappa shape index (κ2) is 7.12. The highest BCUT2D eigenvalue weighted by atomic mass is 35.5. The summed E-state index contributed by atoms with van der Waals surface area (Å²) in [5, 5.41) is 3.21. The standard InChI is InChI=1S/C16H17ClN2O3S/c1-3-18-23(21,22)14-8-7-11(2)15(10-14)16(20)19-13-6-4-5-12(17)9-13/h4-10,18H,3H2,1-2H3,(H,19,20). The first-order chi connectivity index (χ1) is 10.8. The van der Waals surface area contributed by atoms with Crippen LogP contribution in [0.15, 0.2) is 47.4 Å². The minimum Gasteiger partial charge on any atom is -0.322 e. The van der Waals surface area contributed by atoms with Crippen molar-refractivity contribution in [2.75, 3.05) is 11.9 Å². The fourth-order valence-electron chi connectivity index (χ4n) is 2.05. The lowest BCUT2D eigenvalue weighted by molar-refractivity contribution is 0.102. The molecule has 2 rings (SSSR count). The van der Waals surface area contributed by atoms with Crippen LogP contribution in [-0.4, -0.2) is 20.9 Å². The summed E-state index contributed by atoms with van der Waals surface area (Å²) in [7, 11) is -3.61. The highest BCUT2D eigenvalue weighted by molar-refractivity contribution is 7.89. The van der Waals surface area contributed by atoms with Gasteiger partial charge in [-0.15, -0.1) is 0 Å². The number of carbonyl (C=O) groups is 1. The van der Waals surface area contributed by atoms with Crippen LogP contribution in [0.3, 0.4) is 0 Å². The van der Waals surface area contributed by atoms with E-state index in [0.717, 1.165) is 0 Å². The van der Waals surface area contributed by atoms with Crippen LogP contribution in [0.25, 0.3) is 0 Å². The summed E-state index contributed by atoms with van der Waals surface area (Å²) >= 11 is 5.89. The zero-order valence-corrected chi connectivity index (χ0v) is 14.3. The van der Waals surface area contributed by atoms with E-state index in [1.807, 2.05) is 0 Å². The maximum absolute atomic E-state index is 12.4. The van der Waals surface area contributed by atoms with Crippen LogP contribution in [0.5, 0.6) is 0 Å². The number of sulfonamides is 1. The summed E-state index contributed by atoms with van der Waals surface area (Å²) in [4.78, 5) is 12.5. The minimum absolute atomic E-state index is 0.0567. The summed E-state index contributed by atoms with van der Waals surface area (Å²) in [6, 6.07) is 11.2. The molecule has 0 spiro atoms. The molecule has 0 unspecified atom stereocenters. The quantitative estimate of drug-likeness (QED) is 0.867. The maximum Gasteiger partial charge on any atom is 0.255 e. The van der Waals surface area contributed by atoms with Crippen molar-refractivity contribution < 1.29 is 13.2 Å². The van der Waals surface area contributed by atoms with Crippen molar-refractivity contribution >= 4 is 33.2 Å². The van der Waals surface area contributed by atoms with E-state index in [1.54, 1.807) is 44.2 Å². The molecule has 0 aliphatic carbocycles. The van der Waals surface area contributed by atoms with Gasteiger partial charge in [0.1, 0.15) is 0 Å². The van der Waals surface area contributed by atoms with Gasteiger partial charge in [-0.3, -0.25) is 4.79 Å². The summed E-state index contributed by atoms with van der Waals surface area (Å²) in [6.07, 6.45) is 0. The average molecular weight is 353 g/mol. The van der Waals surface area contributed by atoms with E-state index < -0.39 is 15.9 Å². The molecular weight excluding hydrogens is 336 g/mol. The molecule has 2 aromatic rings. The molecule has 0 heterocycles. The number of nitrogens with one attached hydrogen (secondary N) is 2. The van der Waals surface area contributed by atoms with E-state index in [0.29, 0.717) is 21.8 Å². The Hall–Kier alpha value is -1.89. The van der Waals surface area contributed by atoms with Crippen molar-refractivity contribution in [1.82, 2.24) is 4.72 Å². The molecule has 2 N–H and O–H groups in total. The van der Waals surface area contributed by atoms with Crippen LogP contribution in [0.2, 0.25) is 5.02 Å². The number of benzene rings is 2. The molecule has 0 fully saturated rings. The molecule has 0 atom stereocenters. The molecule has 0 saturated heterocycles. The van der Waals surface area contributed by atoms with Crippen LogP contribution >= 0.6 is 11.6 Å². The molecule has 0 aromatic heterocycles. The van der Waals surface area contributed by atoms with E-state index in [2.05, 4.69) is 10.0 Å². The van der Waals surface area contributed by atoms with Gasteiger partial charge in [-0.05, 0) is 42.8 Å². The lowest BCUT2D eigenvalue weighted by Crippen LogP contribution is -2.24. The Balaban J connectivity index is 2.33. The summed E-state index contributed by atoms with van der Waals surface area (Å²) in [5.41, 5.74) is 1.52. The van der Waals surface area contributed by atoms with Gasteiger partial charge in [0, 0.05) is 22.8 Å². The van der Waals surface area contributed by atoms with E-state index in [1.165, 1.54) is 12.1 Å². The first-order valence-electron chi connectivity index (χ1n) is 7.00. The average Bonchev–Trinajstić information content (AvgIpc) is 2.47. The fourth-order valence-corrected chi connectivity index (χ4v) is 3.31. The van der Waals surface area contributed by atoms with Gasteiger partial charge in [0.05, 0.1) is 4.90 Å². The molecule has 0 saturated carbocycles. The summed E-state index contributed by atoms with van der Waals surface area (Å²) < 4.78 is 26.5. The topological polar surface area (TPSA) is 75.3 Å². The number of hydrogen-bond donors (Lipinski definition) is 2. The van der Waals surface area contributed by atoms with Crippen molar-refractivity contribution in [2.24, 2.45) is 0 Å². The zero-order valence-electron chi connectivity index (χ0n) is 12.8. The number of carbonyl (C=O) groups excluding carboxylic acids is 1. The molecule has 0 radical (unpaired) electrons. The van der Waals surface area contributed by atoms with E-state index in [9.17, 15) is 13.2 Å². The highest BCUT2D eigenvalue weighted by Gasteiger charge is 2.17. The maximum atomic E-state index is 12.4. The van der Waals surface area contributed by atoms with E-state index >= 15 is 0 Å². The van der Waals surface area contributed by atoms with Gasteiger partial charge >= 0.3 is 0 Å². The third kappa shape index (κ3) is 4.31. The van der Waals surface area contributed by atoms with Crippen molar-refractivity contribution in [3.05, 3.63) is 58.6 Å². The normalized spacial score (nSPS) is 11.3. The van der Waals surface area contributed by atoms with Gasteiger partial charge in [0.25, 0.3) is 5.91 Å². The predicted octanol–water partition coefficient (Wildman–Crippen LogP) is 3.20. The van der Waals surface area contributed by atoms with Crippen LogP contribution in [0.4, 0.5) is 5.69 Å². The monoisotopic (exact) mass is 352 g/mol. The third-order valence-electron chi connectivity index (χ3n) is 3.18. The Morgan fingerprint density at radius 1 is 1.17 bits per heavy atom. The Labute approximate surface area is 140 Å². The summed E-state index contributed by atoms with van der Waals surface area (Å²) in [6.45, 7) is 3.72. The Bertz CT molecular complexity index is 835. The number of aryl methyl sites for hydroxylation is 1. The Morgan fingerprint density at radius 2 is 1.91 bits per heavy atom. The minimum atomic E-state index is -3.61. The number of anilines is 1. The Morgan fingerprint density at radius 3 is 2.57 bits per heavy atom. The highest BCUT2D eigenvalue weighted by Crippen LogP contribution is 2.19. The second-order valence-electron chi connectivity index (χ2n) is 4.94. The second-order valence-corrected chi connectivity index (χ2v) is 7.15. The lowest BCUT2D eigenvalue weighted by atomic mass is 10.1. The third-order valence-corrected chi connectivity index (χ3v) is 4.96. The number of halogens is 1. The van der Waals surface area contributed by atoms with Gasteiger partial charge in [0.2, 0.25) is 10.0 Å². The zero-order chi connectivity index (χ0) is 17.0. The van der Waals surface area contributed by atoms with Crippen molar-refractivity contribution in [3.63, 3.8) is 0 Å². The first kappa shape index (κ1) is 17.5. The number of hydrogen-bond acceptors (Lipinski definition) is 3. The smallest absolute Gasteiger partial charge is 0.255 e. The molecule has 23 heavy (non-hydrogen) atoms. The molecule has 122 valence electrons. The Kier molecular flexibility index (Phi) is 5.41. The largest absolute Gasteiger partial charge is 0.322 e. The van der Waals surface area contributed by atoms with Gasteiger partial charge in [-0.2, -0.15) is 0 Å². The molecule has 0 aliphatic heterocycles. The SMILES string of the molecule is CCNS(=O)(=O)c1ccc(C)c(C(=O)Nc2cccc(Cl)c2)c1. The molecular formula is C16H17ClN2O3S. The molecule has 1 amide bonds. The van der Waals surface area contributed by atoms with E-state index in [-0.39, 0.29) is 11.4 Å². The fraction of sp³-hybridized carbons (Fsp3) is 0.188. The number of rotatable bonds is 5. The molecule has 0 aliphatic rings. The van der Waals surface area contributed by atoms with Crippen LogP contribution in [-0.2, 0) is 10.0 Å². The van der Waals surface area contributed by atoms with Crippen molar-refractivity contribution in [2.45, 2.75) is 18.7 Å². The van der Waals surface area contributed by atoms with Gasteiger partial charge < -0.3 is 5.32 Å². The van der Waals surface area contributed by atoms with Gasteiger partial charge in [0.15, 0.2) is 0 Å². The molecule has 0 bridgehead atoms. The summed E-state index contributed by atoms with van der Waals surface area (Å²) in [5.74, 6) is -0.390. The van der Waals surface area contributed by atoms with Crippen LogP contribution in [0, 0.1) is 6.92 Å². The lowest BCUT2D eigenvalue weighted by Gasteiger charge is -2.11. The van der Waals surface area contributed by atoms with Crippen molar-refractivity contribution in [1.29, 1.82) is 0 Å². The van der Waals surface area contributed by atoms with Crippen LogP contribution in [0.1, 0.15) is 22.8 Å². The van der Waals surface area contributed by atoms with Crippen LogP contribution < -0.4 is 10.0 Å². The molecule has 5 nitrogen and oxygen atoms in total. The van der Waals surface area contributed by atoms with E-state index in [4.69, 9.17) is 11.6 Å². The predicted molar refractivity (Wildman–Crippen MR) is 91.4 cm³/mol. The molecule has 2 aromatic carbocycles.